The van der Waals surface area contributed by atoms with Gasteiger partial charge in [0.05, 0.1) is 6.26 Å². The second-order valence-corrected chi connectivity index (χ2v) is 3.95. The number of hydrogen-bond donors (Lipinski definition) is 0. The summed E-state index contributed by atoms with van der Waals surface area (Å²) in [6, 6.07) is 13.0. The van der Waals surface area contributed by atoms with Crippen molar-refractivity contribution in [2.45, 2.75) is 0 Å². The third kappa shape index (κ3) is 1.61. The van der Waals surface area contributed by atoms with Crippen molar-refractivity contribution in [3.8, 4) is 0 Å². The van der Waals surface area contributed by atoms with E-state index in [1.807, 2.05) is 0 Å². The van der Waals surface area contributed by atoms with Gasteiger partial charge in [-0.2, -0.15) is 0 Å². The molecule has 0 atom stereocenters. The lowest BCUT2D eigenvalue weighted by Gasteiger charge is -2.05. The molecule has 2 aromatic carbocycles. The SMILES string of the molecule is O=C(c1ccco1)c1ccc(F)c2ccccc12. The van der Waals surface area contributed by atoms with Crippen LogP contribution in [0, 0.1) is 5.82 Å². The van der Waals surface area contributed by atoms with Crippen molar-refractivity contribution in [3.05, 3.63) is 71.9 Å². The first-order chi connectivity index (χ1) is 8.77. The predicted molar refractivity (Wildman–Crippen MR) is 66.0 cm³/mol. The minimum Gasteiger partial charge on any atom is -0.461 e. The molecule has 0 aliphatic heterocycles. The van der Waals surface area contributed by atoms with Crippen LogP contribution >= 0.6 is 0 Å². The molecule has 3 rings (SSSR count). The average Bonchev–Trinajstić information content (AvgIpc) is 2.93. The molecule has 3 aromatic rings. The van der Waals surface area contributed by atoms with Gasteiger partial charge >= 0.3 is 0 Å². The highest BCUT2D eigenvalue weighted by Crippen LogP contribution is 2.24. The van der Waals surface area contributed by atoms with E-state index >= 15 is 0 Å². The van der Waals surface area contributed by atoms with Gasteiger partial charge in [-0.25, -0.2) is 4.39 Å². The zero-order valence-corrected chi connectivity index (χ0v) is 9.39. The minimum atomic E-state index is -0.332. The molecular formula is C15H9FO2. The molecule has 1 heterocycles. The summed E-state index contributed by atoms with van der Waals surface area (Å²) in [6.07, 6.45) is 1.44. The molecule has 0 aliphatic rings. The fourth-order valence-corrected chi connectivity index (χ4v) is 2.00. The first-order valence-electron chi connectivity index (χ1n) is 5.53. The van der Waals surface area contributed by atoms with Crippen molar-refractivity contribution in [3.63, 3.8) is 0 Å². The summed E-state index contributed by atoms with van der Waals surface area (Å²) < 4.78 is 18.7. The average molecular weight is 240 g/mol. The number of benzene rings is 2. The first kappa shape index (κ1) is 10.7. The number of fused-ring (bicyclic) bond motifs is 1. The molecule has 0 saturated carbocycles. The van der Waals surface area contributed by atoms with Crippen LogP contribution in [-0.2, 0) is 0 Å². The second-order valence-electron chi connectivity index (χ2n) is 3.95. The van der Waals surface area contributed by atoms with E-state index in [1.165, 1.54) is 18.4 Å². The Labute approximate surface area is 103 Å². The zero-order valence-electron chi connectivity index (χ0n) is 9.39. The van der Waals surface area contributed by atoms with Gasteiger partial charge in [-0.15, -0.1) is 0 Å². The molecule has 0 radical (unpaired) electrons. The molecule has 0 fully saturated rings. The lowest BCUT2D eigenvalue weighted by molar-refractivity contribution is 0.101. The highest BCUT2D eigenvalue weighted by atomic mass is 19.1. The molecule has 0 spiro atoms. The van der Waals surface area contributed by atoms with Crippen molar-refractivity contribution < 1.29 is 13.6 Å². The highest BCUT2D eigenvalue weighted by molar-refractivity contribution is 6.15. The van der Waals surface area contributed by atoms with E-state index in [2.05, 4.69) is 0 Å². The van der Waals surface area contributed by atoms with Crippen LogP contribution in [0.4, 0.5) is 4.39 Å². The van der Waals surface area contributed by atoms with Gasteiger partial charge in [-0.1, -0.05) is 24.3 Å². The Kier molecular flexibility index (Phi) is 2.45. The normalized spacial score (nSPS) is 10.7. The summed E-state index contributed by atoms with van der Waals surface area (Å²) in [6.45, 7) is 0. The molecule has 18 heavy (non-hydrogen) atoms. The summed E-state index contributed by atoms with van der Waals surface area (Å²) in [7, 11) is 0. The number of halogens is 1. The van der Waals surface area contributed by atoms with Crippen molar-refractivity contribution in [1.82, 2.24) is 0 Å². The van der Waals surface area contributed by atoms with Crippen LogP contribution < -0.4 is 0 Å². The van der Waals surface area contributed by atoms with E-state index < -0.39 is 0 Å². The molecule has 2 nitrogen and oxygen atoms in total. The Balaban J connectivity index is 2.25. The van der Waals surface area contributed by atoms with Crippen molar-refractivity contribution in [2.24, 2.45) is 0 Å². The second kappa shape index (κ2) is 4.11. The predicted octanol–water partition coefficient (Wildman–Crippen LogP) is 3.80. The topological polar surface area (TPSA) is 30.2 Å². The van der Waals surface area contributed by atoms with Gasteiger partial charge in [0.25, 0.3) is 0 Å². The van der Waals surface area contributed by atoms with E-state index in [9.17, 15) is 9.18 Å². The van der Waals surface area contributed by atoms with Crippen molar-refractivity contribution >= 4 is 16.6 Å². The molecule has 1 aromatic heterocycles. The van der Waals surface area contributed by atoms with Gasteiger partial charge in [-0.05, 0) is 29.7 Å². The molecule has 0 aliphatic carbocycles. The van der Waals surface area contributed by atoms with Gasteiger partial charge in [0.1, 0.15) is 5.82 Å². The van der Waals surface area contributed by atoms with Gasteiger partial charge in [0.2, 0.25) is 5.78 Å². The third-order valence-corrected chi connectivity index (χ3v) is 2.86. The number of rotatable bonds is 2. The fraction of sp³-hybridized carbons (Fsp3) is 0. The smallest absolute Gasteiger partial charge is 0.228 e. The Bertz CT molecular complexity index is 714. The van der Waals surface area contributed by atoms with E-state index in [0.29, 0.717) is 16.3 Å². The zero-order chi connectivity index (χ0) is 12.5. The quantitative estimate of drug-likeness (QED) is 0.638. The lowest BCUT2D eigenvalue weighted by atomic mass is 10.00. The van der Waals surface area contributed by atoms with Gasteiger partial charge < -0.3 is 4.42 Å². The maximum absolute atomic E-state index is 13.6. The summed E-state index contributed by atoms with van der Waals surface area (Å²) in [5.74, 6) is -0.315. The Morgan fingerprint density at radius 2 is 1.72 bits per heavy atom. The highest BCUT2D eigenvalue weighted by Gasteiger charge is 2.16. The summed E-state index contributed by atoms with van der Waals surface area (Å²) >= 11 is 0. The van der Waals surface area contributed by atoms with Crippen LogP contribution in [0.2, 0.25) is 0 Å². The van der Waals surface area contributed by atoms with Crippen LogP contribution in [0.5, 0.6) is 0 Å². The molecule has 0 bridgehead atoms. The molecule has 0 saturated heterocycles. The van der Waals surface area contributed by atoms with Gasteiger partial charge in [0.15, 0.2) is 5.76 Å². The Morgan fingerprint density at radius 3 is 2.44 bits per heavy atom. The standard InChI is InChI=1S/C15H9FO2/c16-13-8-7-12(10-4-1-2-5-11(10)13)15(17)14-6-3-9-18-14/h1-9H. The van der Waals surface area contributed by atoms with Crippen LogP contribution in [0.3, 0.4) is 0 Å². The molecule has 3 heteroatoms. The molecule has 0 amide bonds. The first-order valence-corrected chi connectivity index (χ1v) is 5.53. The molecular weight excluding hydrogens is 231 g/mol. The summed E-state index contributed by atoms with van der Waals surface area (Å²) in [4.78, 5) is 12.2. The Morgan fingerprint density at radius 1 is 0.944 bits per heavy atom. The monoisotopic (exact) mass is 240 g/mol. The lowest BCUT2D eigenvalue weighted by Crippen LogP contribution is -2.01. The number of furan rings is 1. The maximum Gasteiger partial charge on any atom is 0.228 e. The van der Waals surface area contributed by atoms with E-state index in [4.69, 9.17) is 4.42 Å². The molecule has 0 N–H and O–H groups in total. The number of ketones is 1. The summed E-state index contributed by atoms with van der Waals surface area (Å²) in [5, 5.41) is 1.04. The Hall–Kier alpha value is -2.42. The van der Waals surface area contributed by atoms with Crippen LogP contribution in [0.1, 0.15) is 16.1 Å². The van der Waals surface area contributed by atoms with Crippen LogP contribution in [-0.4, -0.2) is 5.78 Å². The van der Waals surface area contributed by atoms with Crippen LogP contribution in [0.15, 0.2) is 59.2 Å². The fourth-order valence-electron chi connectivity index (χ4n) is 2.00. The minimum absolute atomic E-state index is 0.240. The number of carbonyl (C=O) groups is 1. The summed E-state index contributed by atoms with van der Waals surface area (Å²) in [5.41, 5.74) is 0.446. The number of hydrogen-bond acceptors (Lipinski definition) is 2. The third-order valence-electron chi connectivity index (χ3n) is 2.86. The number of carbonyl (C=O) groups excluding carboxylic acids is 1. The van der Waals surface area contributed by atoms with Gasteiger partial charge in [0, 0.05) is 10.9 Å². The van der Waals surface area contributed by atoms with Crippen LogP contribution in [0.25, 0.3) is 10.8 Å². The van der Waals surface area contributed by atoms with E-state index in [1.54, 1.807) is 36.4 Å². The van der Waals surface area contributed by atoms with Crippen molar-refractivity contribution in [2.75, 3.05) is 0 Å². The van der Waals surface area contributed by atoms with E-state index in [0.717, 1.165) is 0 Å². The molecule has 88 valence electrons. The van der Waals surface area contributed by atoms with E-state index in [-0.39, 0.29) is 17.4 Å². The van der Waals surface area contributed by atoms with Gasteiger partial charge in [-0.3, -0.25) is 4.79 Å². The maximum atomic E-state index is 13.6. The molecule has 0 unspecified atom stereocenters. The van der Waals surface area contributed by atoms with Crippen molar-refractivity contribution in [1.29, 1.82) is 0 Å². The largest absolute Gasteiger partial charge is 0.461 e.